The van der Waals surface area contributed by atoms with Crippen LogP contribution in [0.5, 0.6) is 0 Å². The highest BCUT2D eigenvalue weighted by Crippen LogP contribution is 2.45. The van der Waals surface area contributed by atoms with Crippen molar-refractivity contribution in [3.63, 3.8) is 0 Å². The van der Waals surface area contributed by atoms with Crippen molar-refractivity contribution in [3.05, 3.63) is 0 Å². The highest BCUT2D eigenvalue weighted by Gasteiger charge is 2.62. The van der Waals surface area contributed by atoms with E-state index >= 15 is 0 Å². The number of rotatable bonds is 5. The number of methoxy groups -OCH3 is 1. The lowest BCUT2D eigenvalue weighted by molar-refractivity contribution is -0.0117. The molecule has 96 valence electrons. The third-order valence-electron chi connectivity index (χ3n) is 3.76. The summed E-state index contributed by atoms with van der Waals surface area (Å²) in [6.45, 7) is 2.14. The summed E-state index contributed by atoms with van der Waals surface area (Å²) < 4.78 is 17.3. The minimum Gasteiger partial charge on any atom is -0.396 e. The van der Waals surface area contributed by atoms with Crippen molar-refractivity contribution < 1.29 is 13.6 Å². The predicted molar refractivity (Wildman–Crippen MR) is 68.1 cm³/mol. The van der Waals surface area contributed by atoms with Crippen molar-refractivity contribution in [2.45, 2.75) is 49.3 Å². The van der Waals surface area contributed by atoms with Crippen LogP contribution in [-0.4, -0.2) is 40.5 Å². The summed E-state index contributed by atoms with van der Waals surface area (Å²) in [6, 6.07) is 0.969. The topological polar surface area (TPSA) is 27.7 Å². The minimum absolute atomic E-state index is 0.00207. The van der Waals surface area contributed by atoms with Crippen molar-refractivity contribution >= 4 is 20.2 Å². The van der Waals surface area contributed by atoms with Crippen molar-refractivity contribution in [3.8, 4) is 0 Å². The lowest BCUT2D eigenvalue weighted by Crippen LogP contribution is -2.69. The molecule has 2 unspecified atom stereocenters. The van der Waals surface area contributed by atoms with Crippen LogP contribution in [0.3, 0.4) is 0 Å². The maximum Gasteiger partial charge on any atom is 0.372 e. The molecule has 16 heavy (non-hydrogen) atoms. The van der Waals surface area contributed by atoms with Crippen LogP contribution >= 0.6 is 11.6 Å². The SMILES string of the molecule is CCCC1(OC)C(Cl)CCC[Si]1(OC)OC. The molecule has 0 radical (unpaired) electrons. The molecule has 2 atom stereocenters. The Morgan fingerprint density at radius 1 is 1.31 bits per heavy atom. The fourth-order valence-electron chi connectivity index (χ4n) is 2.93. The number of hydrogen-bond donors (Lipinski definition) is 0. The van der Waals surface area contributed by atoms with Gasteiger partial charge in [-0.25, -0.2) is 0 Å². The van der Waals surface area contributed by atoms with Crippen LogP contribution in [0, 0.1) is 0 Å². The molecule has 0 N–H and O–H groups in total. The van der Waals surface area contributed by atoms with Gasteiger partial charge in [0.25, 0.3) is 0 Å². The Labute approximate surface area is 105 Å². The lowest BCUT2D eigenvalue weighted by atomic mass is 10.1. The average molecular weight is 267 g/mol. The zero-order chi connectivity index (χ0) is 12.2. The van der Waals surface area contributed by atoms with E-state index in [0.717, 1.165) is 31.7 Å². The van der Waals surface area contributed by atoms with Gasteiger partial charge in [0.1, 0.15) is 5.22 Å². The maximum atomic E-state index is 6.51. The molecule has 0 bridgehead atoms. The highest BCUT2D eigenvalue weighted by molar-refractivity contribution is 6.72. The molecule has 3 nitrogen and oxygen atoms in total. The van der Waals surface area contributed by atoms with E-state index in [-0.39, 0.29) is 5.38 Å². The number of alkyl halides is 1. The van der Waals surface area contributed by atoms with Crippen LogP contribution in [0.15, 0.2) is 0 Å². The van der Waals surface area contributed by atoms with Crippen molar-refractivity contribution in [2.75, 3.05) is 21.3 Å². The third kappa shape index (κ3) is 2.06. The predicted octanol–water partition coefficient (Wildman–Crippen LogP) is 2.85. The van der Waals surface area contributed by atoms with E-state index in [1.807, 2.05) is 0 Å². The fraction of sp³-hybridized carbons (Fsp3) is 1.00. The van der Waals surface area contributed by atoms with Crippen LogP contribution in [0.1, 0.15) is 32.6 Å². The molecular weight excluding hydrogens is 244 g/mol. The second-order valence-electron chi connectivity index (χ2n) is 4.36. The maximum absolute atomic E-state index is 6.51. The van der Waals surface area contributed by atoms with Crippen molar-refractivity contribution in [1.29, 1.82) is 0 Å². The van der Waals surface area contributed by atoms with E-state index in [1.165, 1.54) is 0 Å². The Bertz CT molecular complexity index is 223. The number of hydrogen-bond acceptors (Lipinski definition) is 3. The van der Waals surface area contributed by atoms with Crippen LogP contribution in [0.2, 0.25) is 6.04 Å². The van der Waals surface area contributed by atoms with Gasteiger partial charge in [-0.05, 0) is 25.3 Å². The standard InChI is InChI=1S/C11H23ClO3Si/c1-5-8-11(13-2)10(12)7-6-9-16(11,14-3)15-4/h10H,5-9H2,1-4H3. The Balaban J connectivity index is 3.09. The first-order valence-corrected chi connectivity index (χ1v) is 8.38. The van der Waals surface area contributed by atoms with Crippen LogP contribution < -0.4 is 0 Å². The zero-order valence-electron chi connectivity index (χ0n) is 10.7. The zero-order valence-corrected chi connectivity index (χ0v) is 12.5. The van der Waals surface area contributed by atoms with Crippen LogP contribution in [0.25, 0.3) is 0 Å². The summed E-state index contributed by atoms with van der Waals surface area (Å²) in [4.78, 5) is 0. The van der Waals surface area contributed by atoms with Gasteiger partial charge in [0.05, 0.1) is 5.38 Å². The van der Waals surface area contributed by atoms with Gasteiger partial charge in [0.15, 0.2) is 0 Å². The molecule has 0 amide bonds. The summed E-state index contributed by atoms with van der Waals surface area (Å²) in [5, 5.41) is -0.400. The average Bonchev–Trinajstić information content (AvgIpc) is 2.32. The van der Waals surface area contributed by atoms with Gasteiger partial charge in [0.2, 0.25) is 0 Å². The number of halogens is 1. The van der Waals surface area contributed by atoms with Gasteiger partial charge in [-0.2, -0.15) is 0 Å². The molecule has 1 rings (SSSR count). The summed E-state index contributed by atoms with van der Waals surface area (Å²) in [5.74, 6) is 0. The molecule has 1 saturated heterocycles. The molecule has 5 heteroatoms. The second kappa shape index (κ2) is 5.82. The van der Waals surface area contributed by atoms with Gasteiger partial charge < -0.3 is 13.6 Å². The van der Waals surface area contributed by atoms with Gasteiger partial charge in [-0.15, -0.1) is 11.6 Å². The summed E-state index contributed by atoms with van der Waals surface area (Å²) in [5.41, 5.74) is 0. The molecule has 0 aromatic heterocycles. The van der Waals surface area contributed by atoms with Gasteiger partial charge in [-0.1, -0.05) is 13.3 Å². The van der Waals surface area contributed by atoms with Gasteiger partial charge >= 0.3 is 8.56 Å². The third-order valence-corrected chi connectivity index (χ3v) is 8.94. The van der Waals surface area contributed by atoms with Crippen molar-refractivity contribution in [1.82, 2.24) is 0 Å². The lowest BCUT2D eigenvalue weighted by Gasteiger charge is -2.50. The monoisotopic (exact) mass is 266 g/mol. The minimum atomic E-state index is -2.35. The number of ether oxygens (including phenoxy) is 1. The molecule has 0 spiro atoms. The first kappa shape index (κ1) is 14.4. The Hall–Kier alpha value is 0.387. The van der Waals surface area contributed by atoms with E-state index in [0.29, 0.717) is 0 Å². The van der Waals surface area contributed by atoms with Crippen LogP contribution in [-0.2, 0) is 13.6 Å². The van der Waals surface area contributed by atoms with E-state index in [4.69, 9.17) is 25.2 Å². The summed E-state index contributed by atoms with van der Waals surface area (Å²) in [6.07, 6.45) is 3.98. The van der Waals surface area contributed by atoms with Gasteiger partial charge in [0, 0.05) is 21.3 Å². The van der Waals surface area contributed by atoms with Gasteiger partial charge in [-0.3, -0.25) is 0 Å². The molecule has 1 fully saturated rings. The smallest absolute Gasteiger partial charge is 0.372 e. The van der Waals surface area contributed by atoms with E-state index in [9.17, 15) is 0 Å². The van der Waals surface area contributed by atoms with E-state index < -0.39 is 13.8 Å². The molecule has 0 aromatic rings. The molecule has 1 heterocycles. The Morgan fingerprint density at radius 2 is 1.94 bits per heavy atom. The second-order valence-corrected chi connectivity index (χ2v) is 8.56. The van der Waals surface area contributed by atoms with Crippen LogP contribution in [0.4, 0.5) is 0 Å². The van der Waals surface area contributed by atoms with E-state index in [1.54, 1.807) is 21.3 Å². The molecule has 0 aliphatic carbocycles. The fourth-order valence-corrected chi connectivity index (χ4v) is 7.71. The first-order valence-electron chi connectivity index (χ1n) is 5.92. The molecule has 0 aromatic carbocycles. The Morgan fingerprint density at radius 3 is 2.38 bits per heavy atom. The largest absolute Gasteiger partial charge is 0.396 e. The first-order chi connectivity index (χ1) is 7.62. The highest BCUT2D eigenvalue weighted by atomic mass is 35.5. The summed E-state index contributed by atoms with van der Waals surface area (Å²) >= 11 is 6.51. The quantitative estimate of drug-likeness (QED) is 0.566. The Kier molecular flexibility index (Phi) is 5.26. The molecule has 1 aliphatic rings. The molecule has 1 aliphatic heterocycles. The van der Waals surface area contributed by atoms with Crippen molar-refractivity contribution in [2.24, 2.45) is 0 Å². The van der Waals surface area contributed by atoms with E-state index in [2.05, 4.69) is 6.92 Å². The summed E-state index contributed by atoms with van der Waals surface area (Å²) in [7, 11) is 2.84. The molecule has 0 saturated carbocycles. The molecular formula is C11H23ClO3Si. The normalized spacial score (nSPS) is 33.9.